The summed E-state index contributed by atoms with van der Waals surface area (Å²) in [5, 5.41) is 5.87. The number of imide groups is 1. The van der Waals surface area contributed by atoms with E-state index in [1.54, 1.807) is 24.3 Å². The second-order valence-electron chi connectivity index (χ2n) is 15.2. The fourth-order valence-electron chi connectivity index (χ4n) is 7.87. The zero-order valence-electron chi connectivity index (χ0n) is 32.4. The molecule has 3 saturated heterocycles. The number of pyridine rings is 1. The molecule has 1 saturated carbocycles. The number of hydrogen-bond acceptors (Lipinski definition) is 11. The van der Waals surface area contributed by atoms with E-state index in [0.29, 0.717) is 44.6 Å². The van der Waals surface area contributed by atoms with E-state index in [9.17, 15) is 31.6 Å². The van der Waals surface area contributed by atoms with E-state index in [-0.39, 0.29) is 58.7 Å². The first kappa shape index (κ1) is 41.2. The number of hydrogen-bond donors (Lipinski definition) is 3. The summed E-state index contributed by atoms with van der Waals surface area (Å²) in [6.45, 7) is 4.97. The Bertz CT molecular complexity index is 2210. The first-order chi connectivity index (χ1) is 28.0. The number of rotatable bonds is 11. The number of sulfonamides is 1. The summed E-state index contributed by atoms with van der Waals surface area (Å²) in [5.41, 5.74) is 0.580. The summed E-state index contributed by atoms with van der Waals surface area (Å²) in [6, 6.07) is 15.5. The Balaban J connectivity index is 0.000000952. The molecule has 2 amide bonds. The molecule has 4 aromatic rings. The second-order valence-corrected chi connectivity index (χ2v) is 17.1. The van der Waals surface area contributed by atoms with Gasteiger partial charge in [-0.2, -0.15) is 9.29 Å². The lowest BCUT2D eigenvalue weighted by atomic mass is 9.90. The Morgan fingerprint density at radius 2 is 1.59 bits per heavy atom. The van der Waals surface area contributed by atoms with E-state index in [1.165, 1.54) is 42.6 Å². The summed E-state index contributed by atoms with van der Waals surface area (Å²) in [7, 11) is -3.77. The molecule has 0 bridgehead atoms. The molecule has 1 aliphatic carbocycles. The lowest BCUT2D eigenvalue weighted by Crippen LogP contribution is -2.47. The van der Waals surface area contributed by atoms with Crippen molar-refractivity contribution in [3.63, 3.8) is 0 Å². The van der Waals surface area contributed by atoms with Gasteiger partial charge in [-0.1, -0.05) is 50.3 Å². The summed E-state index contributed by atoms with van der Waals surface area (Å²) in [5.74, 6) is -0.0660. The molecule has 310 valence electrons. The molecular weight excluding hydrogens is 771 g/mol. The molecule has 2 aromatic carbocycles. The number of carbonyl (C=O) groups is 2. The summed E-state index contributed by atoms with van der Waals surface area (Å²) < 4.78 is 60.7. The number of benzene rings is 2. The molecule has 14 nitrogen and oxygen atoms in total. The van der Waals surface area contributed by atoms with Crippen LogP contribution < -0.4 is 25.8 Å². The lowest BCUT2D eigenvalue weighted by Gasteiger charge is -2.36. The Labute approximate surface area is 336 Å². The summed E-state index contributed by atoms with van der Waals surface area (Å²) in [6.07, 6.45) is 7.79. The predicted molar refractivity (Wildman–Crippen MR) is 216 cm³/mol. The number of carbonyl (C=O) groups excluding carboxylic acids is 2. The van der Waals surface area contributed by atoms with Gasteiger partial charge >= 0.3 is 0 Å². The van der Waals surface area contributed by atoms with Crippen LogP contribution in [0.3, 0.4) is 0 Å². The molecule has 2 aromatic heterocycles. The number of ether oxygens (including phenoxy) is 1. The number of fused-ring (bicyclic) bond motifs is 1. The van der Waals surface area contributed by atoms with E-state index in [1.807, 2.05) is 24.3 Å². The Hall–Kier alpha value is -5.00. The van der Waals surface area contributed by atoms with Gasteiger partial charge in [0.1, 0.15) is 18.0 Å². The van der Waals surface area contributed by atoms with Crippen LogP contribution in [0.2, 0.25) is 0 Å². The maximum absolute atomic E-state index is 13.5. The number of piperidine rings is 2. The van der Waals surface area contributed by atoms with Gasteiger partial charge in [-0.25, -0.2) is 22.2 Å². The van der Waals surface area contributed by atoms with Gasteiger partial charge in [0, 0.05) is 81.6 Å². The highest BCUT2D eigenvalue weighted by atomic mass is 32.2. The number of aromatic amines is 1. The highest BCUT2D eigenvalue weighted by Crippen LogP contribution is 2.28. The number of amides is 2. The number of anilines is 2. The van der Waals surface area contributed by atoms with Gasteiger partial charge in [-0.05, 0) is 55.2 Å². The molecule has 1 unspecified atom stereocenters. The molecule has 8 rings (SSSR count). The first-order valence-electron chi connectivity index (χ1n) is 20.1. The topological polar surface area (TPSA) is 170 Å². The van der Waals surface area contributed by atoms with Gasteiger partial charge in [0.05, 0.1) is 16.4 Å². The van der Waals surface area contributed by atoms with E-state index in [2.05, 4.69) is 35.4 Å². The van der Waals surface area contributed by atoms with Gasteiger partial charge in [0.15, 0.2) is 0 Å². The number of nitrogens with one attached hydrogen (secondary N) is 3. The van der Waals surface area contributed by atoms with E-state index in [0.717, 1.165) is 43.5 Å². The zero-order chi connectivity index (χ0) is 40.6. The monoisotopic (exact) mass is 820 g/mol. The maximum atomic E-state index is 13.5. The smallest absolute Gasteiger partial charge is 0.269 e. The van der Waals surface area contributed by atoms with Gasteiger partial charge in [-0.15, -0.1) is 0 Å². The maximum Gasteiger partial charge on any atom is 0.269 e. The first-order valence-corrected chi connectivity index (χ1v) is 21.6. The summed E-state index contributed by atoms with van der Waals surface area (Å²) in [4.78, 5) is 51.2. The minimum absolute atomic E-state index is 0.131. The van der Waals surface area contributed by atoms with Crippen LogP contribution in [-0.4, -0.2) is 103 Å². The minimum atomic E-state index is -3.77. The van der Waals surface area contributed by atoms with Crippen molar-refractivity contribution in [3.05, 3.63) is 82.3 Å². The molecular formula is C41H50F2N8O6S. The number of aromatic nitrogens is 3. The number of alkyl halides is 2. The fourth-order valence-corrected chi connectivity index (χ4v) is 9.38. The molecule has 17 heteroatoms. The second kappa shape index (κ2) is 18.7. The third-order valence-corrected chi connectivity index (χ3v) is 13.2. The average Bonchev–Trinajstić information content (AvgIpc) is 3.82. The third kappa shape index (κ3) is 10.2. The van der Waals surface area contributed by atoms with Crippen molar-refractivity contribution in [1.29, 1.82) is 0 Å². The van der Waals surface area contributed by atoms with Gasteiger partial charge in [0.2, 0.25) is 27.8 Å². The van der Waals surface area contributed by atoms with Crippen LogP contribution in [0, 0.1) is 0 Å². The molecule has 0 radical (unpaired) electrons. The highest BCUT2D eigenvalue weighted by Gasteiger charge is 2.31. The summed E-state index contributed by atoms with van der Waals surface area (Å²) >= 11 is 0. The predicted octanol–water partition coefficient (Wildman–Crippen LogP) is 5.19. The normalized spacial score (nSPS) is 19.8. The largest absolute Gasteiger partial charge is 0.492 e. The average molecular weight is 821 g/mol. The van der Waals surface area contributed by atoms with Crippen molar-refractivity contribution in [3.8, 4) is 5.75 Å². The standard InChI is InChI=1S/C36H40F2N8O6S.C5H10/c37-32(38)30-20-24-22-39-36(43-33(24)42-35(30)49)40-25-10-12-46(13-11-25)53(50,51)28-3-1-2-27(21-28)52-19-18-44-14-16-45(17-15-44)26-6-4-23(5-7-26)29-8-9-31(47)41-34(29)48;1-2-4-5-3-1/h1-7,20-22,25,29,32H,8-19H2,(H,41,47,48)(H2,39,40,42,43,49);1-5H2. The van der Waals surface area contributed by atoms with Crippen LogP contribution >= 0.6 is 0 Å². The number of H-pyrrole nitrogens is 1. The van der Waals surface area contributed by atoms with E-state index >= 15 is 0 Å². The zero-order valence-corrected chi connectivity index (χ0v) is 33.2. The van der Waals surface area contributed by atoms with Crippen LogP contribution in [-0.2, 0) is 19.6 Å². The number of nitrogens with zero attached hydrogens (tertiary/aromatic N) is 5. The SMILES string of the molecule is C1CCCC1.O=C1CCC(c2ccc(N3CCN(CCOc4cccc(S(=O)(=O)N5CCC(Nc6ncc7cc(C(F)F)c(=O)[nH]c7n6)CC5)c4)CC3)cc2)C(=O)N1. The fraction of sp³-hybridized carbons (Fsp3) is 0.488. The molecule has 4 fully saturated rings. The van der Waals surface area contributed by atoms with Gasteiger partial charge in [0.25, 0.3) is 12.0 Å². The van der Waals surface area contributed by atoms with Crippen LogP contribution in [0.1, 0.15) is 81.3 Å². The molecule has 4 aliphatic rings. The van der Waals surface area contributed by atoms with Crippen molar-refractivity contribution in [1.82, 2.24) is 29.5 Å². The lowest BCUT2D eigenvalue weighted by molar-refractivity contribution is -0.134. The van der Waals surface area contributed by atoms with E-state index in [4.69, 9.17) is 4.74 Å². The van der Waals surface area contributed by atoms with Crippen LogP contribution in [0.4, 0.5) is 20.4 Å². The highest BCUT2D eigenvalue weighted by molar-refractivity contribution is 7.89. The molecule has 3 aliphatic heterocycles. The molecule has 1 atom stereocenters. The molecule has 0 spiro atoms. The van der Waals surface area contributed by atoms with E-state index < -0.39 is 27.6 Å². The van der Waals surface area contributed by atoms with Crippen LogP contribution in [0.15, 0.2) is 70.5 Å². The van der Waals surface area contributed by atoms with Crippen molar-refractivity contribution in [2.45, 2.75) is 81.1 Å². The number of piperazine rings is 1. The quantitative estimate of drug-likeness (QED) is 0.170. The Kier molecular flexibility index (Phi) is 13.3. The van der Waals surface area contributed by atoms with Crippen molar-refractivity contribution >= 4 is 44.5 Å². The van der Waals surface area contributed by atoms with Gasteiger partial charge < -0.3 is 19.9 Å². The van der Waals surface area contributed by atoms with Gasteiger partial charge in [-0.3, -0.25) is 24.6 Å². The number of halogens is 2. The third-order valence-electron chi connectivity index (χ3n) is 11.3. The van der Waals surface area contributed by atoms with Crippen LogP contribution in [0.25, 0.3) is 11.0 Å². The minimum Gasteiger partial charge on any atom is -0.492 e. The van der Waals surface area contributed by atoms with Crippen molar-refractivity contribution < 1.29 is 31.5 Å². The van der Waals surface area contributed by atoms with Crippen LogP contribution in [0.5, 0.6) is 5.75 Å². The molecule has 58 heavy (non-hydrogen) atoms. The van der Waals surface area contributed by atoms with Crippen molar-refractivity contribution in [2.24, 2.45) is 0 Å². The van der Waals surface area contributed by atoms with Crippen molar-refractivity contribution in [2.75, 3.05) is 62.6 Å². The molecule has 3 N–H and O–H groups in total. The Morgan fingerprint density at radius 1 is 0.879 bits per heavy atom. The Morgan fingerprint density at radius 3 is 2.26 bits per heavy atom. The molecule has 5 heterocycles.